The second-order valence-electron chi connectivity index (χ2n) is 4.97. The average molecular weight is 199 g/mol. The fraction of sp³-hybridized carbons (Fsp3) is 0.909. The third kappa shape index (κ3) is 3.07. The number of aliphatic hydroxyl groups excluding tert-OH is 1. The molecule has 1 unspecified atom stereocenters. The van der Waals surface area contributed by atoms with Gasteiger partial charge in [0, 0.05) is 18.5 Å². The molecule has 0 spiro atoms. The van der Waals surface area contributed by atoms with Gasteiger partial charge in [-0.05, 0) is 26.3 Å². The Labute approximate surface area is 86.1 Å². The van der Waals surface area contributed by atoms with E-state index in [9.17, 15) is 9.90 Å². The molecule has 0 radical (unpaired) electrons. The standard InChI is InChI=1S/C11H21NO2/c1-9(13)11(2,3)8-12-6-4-5-10(14)7-12/h10,14H,4-8H2,1-3H3. The molecule has 1 aliphatic rings. The van der Waals surface area contributed by atoms with Crippen molar-refractivity contribution in [3.8, 4) is 0 Å². The van der Waals surface area contributed by atoms with Crippen LogP contribution in [0.1, 0.15) is 33.6 Å². The summed E-state index contributed by atoms with van der Waals surface area (Å²) >= 11 is 0. The van der Waals surface area contributed by atoms with Gasteiger partial charge in [0.1, 0.15) is 5.78 Å². The largest absolute Gasteiger partial charge is 0.392 e. The zero-order valence-electron chi connectivity index (χ0n) is 9.42. The van der Waals surface area contributed by atoms with E-state index in [4.69, 9.17) is 0 Å². The van der Waals surface area contributed by atoms with Crippen molar-refractivity contribution in [1.82, 2.24) is 4.90 Å². The Bertz CT molecular complexity index is 213. The Morgan fingerprint density at radius 2 is 2.21 bits per heavy atom. The zero-order chi connectivity index (χ0) is 10.8. The lowest BCUT2D eigenvalue weighted by molar-refractivity contribution is -0.126. The number of likely N-dealkylation sites (tertiary alicyclic amines) is 1. The van der Waals surface area contributed by atoms with Gasteiger partial charge in [0.15, 0.2) is 0 Å². The number of aliphatic hydroxyl groups is 1. The van der Waals surface area contributed by atoms with Gasteiger partial charge in [-0.15, -0.1) is 0 Å². The molecule has 1 saturated heterocycles. The third-order valence-corrected chi connectivity index (χ3v) is 3.05. The third-order valence-electron chi connectivity index (χ3n) is 3.05. The summed E-state index contributed by atoms with van der Waals surface area (Å²) in [7, 11) is 0. The van der Waals surface area contributed by atoms with Crippen molar-refractivity contribution >= 4 is 5.78 Å². The summed E-state index contributed by atoms with van der Waals surface area (Å²) in [6.07, 6.45) is 1.73. The van der Waals surface area contributed by atoms with Crippen LogP contribution in [0.5, 0.6) is 0 Å². The molecule has 0 aliphatic carbocycles. The molecule has 1 fully saturated rings. The lowest BCUT2D eigenvalue weighted by Crippen LogP contribution is -2.45. The number of ketones is 1. The minimum atomic E-state index is -0.281. The van der Waals surface area contributed by atoms with E-state index in [1.165, 1.54) is 0 Å². The average Bonchev–Trinajstić information content (AvgIpc) is 2.02. The smallest absolute Gasteiger partial charge is 0.136 e. The maximum atomic E-state index is 11.3. The molecular formula is C11H21NO2. The van der Waals surface area contributed by atoms with Crippen LogP contribution in [-0.4, -0.2) is 41.5 Å². The molecule has 0 saturated carbocycles. The minimum Gasteiger partial charge on any atom is -0.392 e. The topological polar surface area (TPSA) is 40.5 Å². The summed E-state index contributed by atoms with van der Waals surface area (Å²) < 4.78 is 0. The van der Waals surface area contributed by atoms with Crippen molar-refractivity contribution in [2.24, 2.45) is 5.41 Å². The van der Waals surface area contributed by atoms with Crippen LogP contribution >= 0.6 is 0 Å². The fourth-order valence-electron chi connectivity index (χ4n) is 1.85. The first-order chi connectivity index (χ1) is 6.42. The number of hydrogen-bond acceptors (Lipinski definition) is 3. The van der Waals surface area contributed by atoms with Crippen LogP contribution in [0.25, 0.3) is 0 Å². The molecule has 0 aromatic heterocycles. The molecule has 0 aromatic rings. The van der Waals surface area contributed by atoms with Crippen molar-refractivity contribution in [1.29, 1.82) is 0 Å². The van der Waals surface area contributed by atoms with Crippen molar-refractivity contribution < 1.29 is 9.90 Å². The number of hydrogen-bond donors (Lipinski definition) is 1. The van der Waals surface area contributed by atoms with Gasteiger partial charge in [0.2, 0.25) is 0 Å². The van der Waals surface area contributed by atoms with Crippen LogP contribution < -0.4 is 0 Å². The molecular weight excluding hydrogens is 178 g/mol. The molecule has 3 nitrogen and oxygen atoms in total. The van der Waals surface area contributed by atoms with E-state index < -0.39 is 0 Å². The first kappa shape index (κ1) is 11.7. The highest BCUT2D eigenvalue weighted by Gasteiger charge is 2.28. The summed E-state index contributed by atoms with van der Waals surface area (Å²) in [5, 5.41) is 9.49. The maximum absolute atomic E-state index is 11.3. The highest BCUT2D eigenvalue weighted by molar-refractivity contribution is 5.81. The number of carbonyl (C=O) groups is 1. The molecule has 14 heavy (non-hydrogen) atoms. The van der Waals surface area contributed by atoms with Gasteiger partial charge in [-0.25, -0.2) is 0 Å². The van der Waals surface area contributed by atoms with Crippen molar-refractivity contribution in [2.45, 2.75) is 39.7 Å². The fourth-order valence-corrected chi connectivity index (χ4v) is 1.85. The van der Waals surface area contributed by atoms with Gasteiger partial charge in [-0.3, -0.25) is 9.69 Å². The van der Waals surface area contributed by atoms with E-state index in [0.717, 1.165) is 32.5 Å². The number of nitrogens with zero attached hydrogens (tertiary/aromatic N) is 1. The van der Waals surface area contributed by atoms with Crippen molar-refractivity contribution in [2.75, 3.05) is 19.6 Å². The van der Waals surface area contributed by atoms with Crippen LogP contribution in [0, 0.1) is 5.41 Å². The van der Waals surface area contributed by atoms with Gasteiger partial charge in [0.05, 0.1) is 6.10 Å². The van der Waals surface area contributed by atoms with E-state index in [2.05, 4.69) is 4.90 Å². The highest BCUT2D eigenvalue weighted by atomic mass is 16.3. The highest BCUT2D eigenvalue weighted by Crippen LogP contribution is 2.20. The van der Waals surface area contributed by atoms with Crippen LogP contribution in [0.3, 0.4) is 0 Å². The zero-order valence-corrected chi connectivity index (χ0v) is 9.42. The van der Waals surface area contributed by atoms with E-state index in [1.807, 2.05) is 13.8 Å². The summed E-state index contributed by atoms with van der Waals surface area (Å²) in [6, 6.07) is 0. The first-order valence-corrected chi connectivity index (χ1v) is 5.33. The normalized spacial score (nSPS) is 25.0. The summed E-state index contributed by atoms with van der Waals surface area (Å²) in [5.74, 6) is 0.220. The Morgan fingerprint density at radius 1 is 1.57 bits per heavy atom. The SMILES string of the molecule is CC(=O)C(C)(C)CN1CCCC(O)C1. The number of Topliss-reactive ketones (excluding diaryl/α,β-unsaturated/α-hetero) is 1. The molecule has 1 aliphatic heterocycles. The number of carbonyl (C=O) groups excluding carboxylic acids is 1. The predicted molar refractivity (Wildman–Crippen MR) is 56.1 cm³/mol. The summed E-state index contributed by atoms with van der Waals surface area (Å²) in [4.78, 5) is 13.5. The lowest BCUT2D eigenvalue weighted by Gasteiger charge is -2.35. The van der Waals surface area contributed by atoms with E-state index in [-0.39, 0.29) is 17.3 Å². The monoisotopic (exact) mass is 199 g/mol. The van der Waals surface area contributed by atoms with Gasteiger partial charge < -0.3 is 5.11 Å². The lowest BCUT2D eigenvalue weighted by atomic mass is 9.87. The van der Waals surface area contributed by atoms with E-state index in [1.54, 1.807) is 6.92 Å². The Balaban J connectivity index is 2.47. The molecule has 3 heteroatoms. The second-order valence-corrected chi connectivity index (χ2v) is 4.97. The molecule has 1 atom stereocenters. The van der Waals surface area contributed by atoms with Crippen molar-refractivity contribution in [3.63, 3.8) is 0 Å². The molecule has 1 rings (SSSR count). The molecule has 0 aromatic carbocycles. The molecule has 0 bridgehead atoms. The van der Waals surface area contributed by atoms with Gasteiger partial charge in [0.25, 0.3) is 0 Å². The molecule has 0 amide bonds. The second kappa shape index (κ2) is 4.41. The van der Waals surface area contributed by atoms with Crippen LogP contribution in [0.15, 0.2) is 0 Å². The first-order valence-electron chi connectivity index (χ1n) is 5.33. The molecule has 82 valence electrons. The van der Waals surface area contributed by atoms with E-state index >= 15 is 0 Å². The maximum Gasteiger partial charge on any atom is 0.136 e. The van der Waals surface area contributed by atoms with Gasteiger partial charge in [-0.1, -0.05) is 13.8 Å². The molecule has 1 heterocycles. The summed E-state index contributed by atoms with van der Waals surface area (Å²) in [6.45, 7) is 8.07. The van der Waals surface area contributed by atoms with E-state index in [0.29, 0.717) is 0 Å². The predicted octanol–water partition coefficient (Wildman–Crippen LogP) is 1.06. The molecule has 1 N–H and O–H groups in total. The summed E-state index contributed by atoms with van der Waals surface area (Å²) in [5.41, 5.74) is -0.281. The number of β-amino-alcohol motifs (C(OH)–C–C–N with tert-alkyl or cyclic N) is 1. The van der Waals surface area contributed by atoms with Gasteiger partial charge >= 0.3 is 0 Å². The van der Waals surface area contributed by atoms with Crippen molar-refractivity contribution in [3.05, 3.63) is 0 Å². The Kier molecular flexibility index (Phi) is 3.67. The van der Waals surface area contributed by atoms with Crippen LogP contribution in [-0.2, 0) is 4.79 Å². The Morgan fingerprint density at radius 3 is 2.71 bits per heavy atom. The number of rotatable bonds is 3. The van der Waals surface area contributed by atoms with Crippen LogP contribution in [0.4, 0.5) is 0 Å². The quantitative estimate of drug-likeness (QED) is 0.739. The van der Waals surface area contributed by atoms with Crippen LogP contribution in [0.2, 0.25) is 0 Å². The minimum absolute atomic E-state index is 0.202. The Hall–Kier alpha value is -0.410. The van der Waals surface area contributed by atoms with Gasteiger partial charge in [-0.2, -0.15) is 0 Å². The number of piperidine rings is 1.